The number of halogens is 3. The van der Waals surface area contributed by atoms with Gasteiger partial charge in [0.1, 0.15) is 12.1 Å². The fourth-order valence-corrected chi connectivity index (χ4v) is 3.34. The van der Waals surface area contributed by atoms with Crippen LogP contribution in [0.1, 0.15) is 5.56 Å². The second-order valence-corrected chi connectivity index (χ2v) is 6.92. The Morgan fingerprint density at radius 2 is 2.03 bits per heavy atom. The number of rotatable bonds is 7. The van der Waals surface area contributed by atoms with E-state index in [1.54, 1.807) is 28.8 Å². The van der Waals surface area contributed by atoms with Crippen LogP contribution >= 0.6 is 11.8 Å². The Morgan fingerprint density at radius 1 is 1.29 bits per heavy atom. The summed E-state index contributed by atoms with van der Waals surface area (Å²) in [6.07, 6.45) is -3.47. The minimum Gasteiger partial charge on any atom is -0.495 e. The van der Waals surface area contributed by atoms with Gasteiger partial charge >= 0.3 is 6.18 Å². The number of aromatic nitrogens is 3. The summed E-state index contributed by atoms with van der Waals surface area (Å²) >= 11 is 0.949. The van der Waals surface area contributed by atoms with Gasteiger partial charge in [-0.2, -0.15) is 13.2 Å². The summed E-state index contributed by atoms with van der Waals surface area (Å²) in [6, 6.07) is 9.13. The highest BCUT2D eigenvalue weighted by Crippen LogP contribution is 2.37. The van der Waals surface area contributed by atoms with Crippen LogP contribution in [0.4, 0.5) is 24.5 Å². The predicted octanol–water partition coefficient (Wildman–Crippen LogP) is 3.93. The molecule has 0 spiro atoms. The molecular weight excluding hydrogens is 439 g/mol. The molecule has 0 fully saturated rings. The Kier molecular flexibility index (Phi) is 6.44. The number of benzene rings is 2. The first-order chi connectivity index (χ1) is 14.7. The number of anilines is 1. The molecule has 0 aliphatic heterocycles. The van der Waals surface area contributed by atoms with Gasteiger partial charge in [-0.25, -0.2) is 0 Å². The van der Waals surface area contributed by atoms with Crippen molar-refractivity contribution in [3.05, 3.63) is 64.5 Å². The Morgan fingerprint density at radius 3 is 2.71 bits per heavy atom. The molecule has 3 rings (SSSR count). The van der Waals surface area contributed by atoms with E-state index in [1.807, 2.05) is 0 Å². The molecule has 0 atom stereocenters. The van der Waals surface area contributed by atoms with E-state index in [2.05, 4.69) is 15.5 Å². The van der Waals surface area contributed by atoms with E-state index in [0.717, 1.165) is 23.9 Å². The molecule has 1 aromatic heterocycles. The third kappa shape index (κ3) is 5.12. The average molecular weight is 453 g/mol. The predicted molar refractivity (Wildman–Crippen MR) is 105 cm³/mol. The minimum atomic E-state index is -4.88. The molecule has 162 valence electrons. The molecule has 0 aliphatic carbocycles. The van der Waals surface area contributed by atoms with Crippen LogP contribution in [-0.4, -0.2) is 38.5 Å². The first-order valence-corrected chi connectivity index (χ1v) is 9.51. The highest BCUT2D eigenvalue weighted by molar-refractivity contribution is 7.99. The number of nitro benzene ring substituents is 1. The fourth-order valence-electron chi connectivity index (χ4n) is 2.62. The van der Waals surface area contributed by atoms with Gasteiger partial charge in [-0.15, -0.1) is 10.2 Å². The monoisotopic (exact) mass is 453 g/mol. The quantitative estimate of drug-likeness (QED) is 0.328. The molecule has 0 saturated carbocycles. The van der Waals surface area contributed by atoms with Crippen LogP contribution in [0.15, 0.2) is 53.9 Å². The zero-order valence-corrected chi connectivity index (χ0v) is 16.6. The van der Waals surface area contributed by atoms with Gasteiger partial charge in [0, 0.05) is 12.1 Å². The van der Waals surface area contributed by atoms with E-state index in [1.165, 1.54) is 13.4 Å². The Bertz CT molecular complexity index is 1120. The van der Waals surface area contributed by atoms with Gasteiger partial charge in [0.2, 0.25) is 5.91 Å². The Hall–Kier alpha value is -3.61. The maximum Gasteiger partial charge on any atom is 0.418 e. The van der Waals surface area contributed by atoms with Crippen molar-refractivity contribution in [3.63, 3.8) is 0 Å². The zero-order chi connectivity index (χ0) is 22.6. The first-order valence-electron chi connectivity index (χ1n) is 8.52. The SMILES string of the molecule is COc1ccccc1-n1cnnc1SCC(=O)Nc1ccc([N+](=O)[O-])cc1C(F)(F)F. The minimum absolute atomic E-state index is 0.276. The second kappa shape index (κ2) is 9.04. The molecule has 1 heterocycles. The summed E-state index contributed by atoms with van der Waals surface area (Å²) in [6.45, 7) is 0. The standard InChI is InChI=1S/C18H14F3N5O4S/c1-30-15-5-3-2-4-14(15)25-10-22-24-17(25)31-9-16(27)23-13-7-6-11(26(28)29)8-12(13)18(19,20)21/h2-8,10H,9H2,1H3,(H,23,27). The number of methoxy groups -OCH3 is 1. The molecule has 0 bridgehead atoms. The number of non-ortho nitro benzene ring substituents is 1. The summed E-state index contributed by atoms with van der Waals surface area (Å²) in [5.74, 6) is -0.490. The van der Waals surface area contributed by atoms with Crippen molar-refractivity contribution in [2.24, 2.45) is 0 Å². The van der Waals surface area contributed by atoms with E-state index in [9.17, 15) is 28.1 Å². The number of thioether (sulfide) groups is 1. The number of ether oxygens (including phenoxy) is 1. The van der Waals surface area contributed by atoms with Gasteiger partial charge in [-0.05, 0) is 18.2 Å². The number of nitrogens with zero attached hydrogens (tertiary/aromatic N) is 4. The van der Waals surface area contributed by atoms with Crippen molar-refractivity contribution in [3.8, 4) is 11.4 Å². The fraction of sp³-hybridized carbons (Fsp3) is 0.167. The first kappa shape index (κ1) is 22.1. The van der Waals surface area contributed by atoms with Crippen LogP contribution in [0.5, 0.6) is 5.75 Å². The molecule has 0 unspecified atom stereocenters. The van der Waals surface area contributed by atoms with Gasteiger partial charge in [0.25, 0.3) is 5.69 Å². The van der Waals surface area contributed by atoms with Crippen molar-refractivity contribution in [1.82, 2.24) is 14.8 Å². The van der Waals surface area contributed by atoms with Gasteiger partial charge in [0.15, 0.2) is 5.16 Å². The van der Waals surface area contributed by atoms with E-state index in [0.29, 0.717) is 22.7 Å². The molecule has 1 N–H and O–H groups in total. The number of alkyl halides is 3. The van der Waals surface area contributed by atoms with Gasteiger partial charge in [-0.3, -0.25) is 19.5 Å². The largest absolute Gasteiger partial charge is 0.495 e. The lowest BCUT2D eigenvalue weighted by Crippen LogP contribution is -2.18. The molecule has 31 heavy (non-hydrogen) atoms. The van der Waals surface area contributed by atoms with E-state index >= 15 is 0 Å². The topological polar surface area (TPSA) is 112 Å². The number of para-hydroxylation sites is 2. The molecule has 9 nitrogen and oxygen atoms in total. The van der Waals surface area contributed by atoms with Crippen LogP contribution in [0.25, 0.3) is 5.69 Å². The molecule has 0 saturated heterocycles. The molecular formula is C18H14F3N5O4S. The molecule has 3 aromatic rings. The van der Waals surface area contributed by atoms with Crippen LogP contribution in [0, 0.1) is 10.1 Å². The van der Waals surface area contributed by atoms with E-state index in [4.69, 9.17) is 4.74 Å². The highest BCUT2D eigenvalue weighted by Gasteiger charge is 2.35. The summed E-state index contributed by atoms with van der Waals surface area (Å²) in [5, 5.41) is 20.9. The van der Waals surface area contributed by atoms with Gasteiger partial charge in [0.05, 0.1) is 34.7 Å². The molecule has 13 heteroatoms. The summed E-state index contributed by atoms with van der Waals surface area (Å²) in [4.78, 5) is 22.1. The van der Waals surface area contributed by atoms with Crippen molar-refractivity contribution >= 4 is 29.0 Å². The van der Waals surface area contributed by atoms with E-state index in [-0.39, 0.29) is 5.75 Å². The van der Waals surface area contributed by atoms with Crippen LogP contribution in [-0.2, 0) is 11.0 Å². The summed E-state index contributed by atoms with van der Waals surface area (Å²) in [5.41, 5.74) is -2.00. The number of nitrogens with one attached hydrogen (secondary N) is 1. The highest BCUT2D eigenvalue weighted by atomic mass is 32.2. The number of hydrogen-bond acceptors (Lipinski definition) is 7. The summed E-state index contributed by atoms with van der Waals surface area (Å²) in [7, 11) is 1.49. The lowest BCUT2D eigenvalue weighted by molar-refractivity contribution is -0.385. The van der Waals surface area contributed by atoms with Gasteiger partial charge < -0.3 is 10.1 Å². The third-order valence-corrected chi connectivity index (χ3v) is 4.93. The lowest BCUT2D eigenvalue weighted by Gasteiger charge is -2.14. The number of carbonyl (C=O) groups is 1. The molecule has 0 aliphatic rings. The second-order valence-electron chi connectivity index (χ2n) is 5.98. The third-order valence-electron chi connectivity index (χ3n) is 3.99. The number of carbonyl (C=O) groups excluding carboxylic acids is 1. The van der Waals surface area contributed by atoms with Gasteiger partial charge in [-0.1, -0.05) is 23.9 Å². The summed E-state index contributed by atoms with van der Waals surface area (Å²) < 4.78 is 46.6. The van der Waals surface area contributed by atoms with Crippen molar-refractivity contribution in [1.29, 1.82) is 0 Å². The van der Waals surface area contributed by atoms with E-state index < -0.39 is 33.9 Å². The zero-order valence-electron chi connectivity index (χ0n) is 15.8. The Balaban J connectivity index is 1.75. The number of amides is 1. The maximum atomic E-state index is 13.3. The van der Waals surface area contributed by atoms with Crippen molar-refractivity contribution in [2.75, 3.05) is 18.2 Å². The van der Waals surface area contributed by atoms with Crippen LogP contribution < -0.4 is 10.1 Å². The maximum absolute atomic E-state index is 13.3. The normalized spacial score (nSPS) is 11.2. The lowest BCUT2D eigenvalue weighted by atomic mass is 10.1. The molecule has 1 amide bonds. The number of hydrogen-bond donors (Lipinski definition) is 1. The van der Waals surface area contributed by atoms with Crippen molar-refractivity contribution < 1.29 is 27.6 Å². The average Bonchev–Trinajstić information content (AvgIpc) is 3.20. The van der Waals surface area contributed by atoms with Crippen LogP contribution in [0.2, 0.25) is 0 Å². The molecule has 0 radical (unpaired) electrons. The number of nitro groups is 1. The smallest absolute Gasteiger partial charge is 0.418 e. The van der Waals surface area contributed by atoms with Crippen molar-refractivity contribution in [2.45, 2.75) is 11.3 Å². The Labute approximate surface area is 177 Å². The molecule has 2 aromatic carbocycles. The van der Waals surface area contributed by atoms with Crippen LogP contribution in [0.3, 0.4) is 0 Å².